The van der Waals surface area contributed by atoms with Crippen LogP contribution in [0.2, 0.25) is 0 Å². The highest BCUT2D eigenvalue weighted by molar-refractivity contribution is 5.79. The molecule has 1 fully saturated rings. The number of benzene rings is 1. The molecule has 2 aromatic heterocycles. The average molecular weight is 548 g/mol. The smallest absolute Gasteiger partial charge is 0.410 e. The molecule has 0 bridgehead atoms. The topological polar surface area (TPSA) is 91.5 Å². The zero-order valence-electron chi connectivity index (χ0n) is 23.3. The van der Waals surface area contributed by atoms with Gasteiger partial charge in [0.25, 0.3) is 5.56 Å². The van der Waals surface area contributed by atoms with Crippen LogP contribution in [-0.2, 0) is 11.8 Å². The van der Waals surface area contributed by atoms with Crippen molar-refractivity contribution in [1.82, 2.24) is 24.2 Å². The van der Waals surface area contributed by atoms with Crippen molar-refractivity contribution in [2.24, 2.45) is 7.05 Å². The minimum absolute atomic E-state index is 0.153. The predicted octanol–water partition coefficient (Wildman–Crippen LogP) is 5.63. The van der Waals surface area contributed by atoms with Gasteiger partial charge in [0.1, 0.15) is 17.2 Å². The predicted molar refractivity (Wildman–Crippen MR) is 149 cm³/mol. The lowest BCUT2D eigenvalue weighted by molar-refractivity contribution is 0.0180. The van der Waals surface area contributed by atoms with Crippen molar-refractivity contribution in [3.63, 3.8) is 0 Å². The standard InChI is InChI=1S/C30H34FN5O4/c1-30(2,3)40-29(38)35-18-15-22(16-19-35)36-27(37)25(20-10-12-21(31)13-11-20)26(34(36)4)24-14-17-32-28(33-24)39-23-8-6-5-7-9-23/h6,8-14,17,22H,5,7,15-16,18-19H2,1-4H3. The molecule has 1 saturated heterocycles. The number of piperidine rings is 1. The van der Waals surface area contributed by atoms with E-state index in [0.29, 0.717) is 54.2 Å². The fourth-order valence-electron chi connectivity index (χ4n) is 5.11. The third-order valence-electron chi connectivity index (χ3n) is 6.95. The third-order valence-corrected chi connectivity index (χ3v) is 6.95. The van der Waals surface area contributed by atoms with E-state index in [1.165, 1.54) is 12.1 Å². The maximum Gasteiger partial charge on any atom is 0.410 e. The van der Waals surface area contributed by atoms with Crippen LogP contribution in [0.25, 0.3) is 22.5 Å². The van der Waals surface area contributed by atoms with Gasteiger partial charge in [0.2, 0.25) is 0 Å². The number of halogens is 1. The summed E-state index contributed by atoms with van der Waals surface area (Å²) in [5.41, 5.74) is 1.30. The molecule has 9 nitrogen and oxygen atoms in total. The molecule has 1 aliphatic heterocycles. The van der Waals surface area contributed by atoms with Gasteiger partial charge in [0.05, 0.1) is 23.0 Å². The van der Waals surface area contributed by atoms with Gasteiger partial charge in [-0.1, -0.05) is 18.2 Å². The van der Waals surface area contributed by atoms with Crippen molar-refractivity contribution < 1.29 is 18.7 Å². The first kappa shape index (κ1) is 27.4. The Labute approximate surface area is 232 Å². The maximum atomic E-state index is 14.0. The first-order valence-electron chi connectivity index (χ1n) is 13.5. The minimum Gasteiger partial charge on any atom is -0.444 e. The Morgan fingerprint density at radius 2 is 1.80 bits per heavy atom. The Morgan fingerprint density at radius 3 is 2.45 bits per heavy atom. The summed E-state index contributed by atoms with van der Waals surface area (Å²) in [5, 5.41) is 0. The molecule has 0 radical (unpaired) electrons. The number of rotatable bonds is 5. The van der Waals surface area contributed by atoms with Crippen molar-refractivity contribution in [3.8, 4) is 28.5 Å². The molecule has 0 atom stereocenters. The van der Waals surface area contributed by atoms with E-state index in [1.54, 1.807) is 38.7 Å². The summed E-state index contributed by atoms with van der Waals surface area (Å²) in [4.78, 5) is 37.2. The van der Waals surface area contributed by atoms with E-state index < -0.39 is 5.60 Å². The molecule has 1 amide bonds. The zero-order chi connectivity index (χ0) is 28.4. The Hall–Kier alpha value is -4.21. The van der Waals surface area contributed by atoms with Crippen LogP contribution in [0.1, 0.15) is 52.5 Å². The van der Waals surface area contributed by atoms with Crippen LogP contribution >= 0.6 is 0 Å². The lowest BCUT2D eigenvalue weighted by Gasteiger charge is -2.34. The molecule has 10 heteroatoms. The maximum absolute atomic E-state index is 14.0. The Balaban J connectivity index is 1.51. The number of allylic oxidation sites excluding steroid dienone is 3. The quantitative estimate of drug-likeness (QED) is 0.411. The number of carbonyl (C=O) groups is 1. The van der Waals surface area contributed by atoms with E-state index in [2.05, 4.69) is 9.97 Å². The van der Waals surface area contributed by atoms with Crippen molar-refractivity contribution in [3.05, 3.63) is 76.7 Å². The molecule has 1 aromatic carbocycles. The fraction of sp³-hybridized carbons (Fsp3) is 0.400. The van der Waals surface area contributed by atoms with E-state index in [-0.39, 0.29) is 29.5 Å². The molecule has 0 saturated carbocycles. The number of nitrogens with zero attached hydrogens (tertiary/aromatic N) is 5. The number of hydrogen-bond donors (Lipinski definition) is 0. The van der Waals surface area contributed by atoms with Gasteiger partial charge < -0.3 is 14.4 Å². The number of aromatic nitrogens is 4. The molecule has 3 aromatic rings. The van der Waals surface area contributed by atoms with Crippen LogP contribution < -0.4 is 10.3 Å². The molecule has 5 rings (SSSR count). The zero-order valence-corrected chi connectivity index (χ0v) is 23.3. The molecular weight excluding hydrogens is 513 g/mol. The molecular formula is C30H34FN5O4. The van der Waals surface area contributed by atoms with Gasteiger partial charge in [-0.15, -0.1) is 0 Å². The fourth-order valence-corrected chi connectivity index (χ4v) is 5.11. The van der Waals surface area contributed by atoms with Crippen LogP contribution in [0.15, 0.2) is 65.3 Å². The average Bonchev–Trinajstić information content (AvgIpc) is 3.18. The van der Waals surface area contributed by atoms with Gasteiger partial charge in [-0.05, 0) is 82.4 Å². The summed E-state index contributed by atoms with van der Waals surface area (Å²) < 4.78 is 28.8. The molecule has 1 aliphatic carbocycles. The highest BCUT2D eigenvalue weighted by Crippen LogP contribution is 2.33. The van der Waals surface area contributed by atoms with Gasteiger partial charge >= 0.3 is 12.1 Å². The van der Waals surface area contributed by atoms with E-state index in [0.717, 1.165) is 12.8 Å². The number of amides is 1. The third kappa shape index (κ3) is 5.85. The molecule has 40 heavy (non-hydrogen) atoms. The van der Waals surface area contributed by atoms with E-state index in [4.69, 9.17) is 9.47 Å². The highest BCUT2D eigenvalue weighted by atomic mass is 19.1. The van der Waals surface area contributed by atoms with Crippen molar-refractivity contribution in [2.75, 3.05) is 13.1 Å². The van der Waals surface area contributed by atoms with Crippen molar-refractivity contribution >= 4 is 6.09 Å². The lowest BCUT2D eigenvalue weighted by atomic mass is 10.0. The monoisotopic (exact) mass is 547 g/mol. The normalized spacial score (nSPS) is 16.1. The van der Waals surface area contributed by atoms with Crippen LogP contribution in [0.5, 0.6) is 6.01 Å². The summed E-state index contributed by atoms with van der Waals surface area (Å²) >= 11 is 0. The SMILES string of the molecule is Cn1c(-c2ccnc(OC3=CCCC=C3)n2)c(-c2ccc(F)cc2)c(=O)n1C1CCN(C(=O)OC(C)(C)C)CC1. The van der Waals surface area contributed by atoms with Crippen LogP contribution in [0.3, 0.4) is 0 Å². The van der Waals surface area contributed by atoms with Gasteiger partial charge in [-0.3, -0.25) is 9.48 Å². The Kier molecular flexibility index (Phi) is 7.60. The van der Waals surface area contributed by atoms with E-state index in [9.17, 15) is 14.0 Å². The molecule has 3 heterocycles. The largest absolute Gasteiger partial charge is 0.444 e. The summed E-state index contributed by atoms with van der Waals surface area (Å²) in [6, 6.07) is 7.63. The minimum atomic E-state index is -0.578. The molecule has 0 spiro atoms. The van der Waals surface area contributed by atoms with Crippen molar-refractivity contribution in [2.45, 2.75) is 58.1 Å². The lowest BCUT2D eigenvalue weighted by Crippen LogP contribution is -2.43. The number of hydrogen-bond acceptors (Lipinski definition) is 6. The Bertz CT molecular complexity index is 1510. The van der Waals surface area contributed by atoms with Gasteiger partial charge in [0.15, 0.2) is 0 Å². The summed E-state index contributed by atoms with van der Waals surface area (Å²) in [6.45, 7) is 6.45. The molecule has 210 valence electrons. The van der Waals surface area contributed by atoms with Crippen molar-refractivity contribution in [1.29, 1.82) is 0 Å². The van der Waals surface area contributed by atoms with E-state index >= 15 is 0 Å². The van der Waals surface area contributed by atoms with Gasteiger partial charge in [-0.2, -0.15) is 4.98 Å². The first-order chi connectivity index (χ1) is 19.1. The van der Waals surface area contributed by atoms with Crippen LogP contribution in [-0.4, -0.2) is 49.0 Å². The van der Waals surface area contributed by atoms with Gasteiger partial charge in [-0.25, -0.2) is 18.9 Å². The second kappa shape index (κ2) is 11.1. The highest BCUT2D eigenvalue weighted by Gasteiger charge is 2.31. The first-order valence-corrected chi connectivity index (χ1v) is 13.5. The summed E-state index contributed by atoms with van der Waals surface area (Å²) in [5.74, 6) is 0.285. The summed E-state index contributed by atoms with van der Waals surface area (Å²) in [7, 11) is 1.82. The number of likely N-dealkylation sites (tertiary alicyclic amines) is 1. The van der Waals surface area contributed by atoms with Crippen LogP contribution in [0.4, 0.5) is 9.18 Å². The number of carbonyl (C=O) groups excluding carboxylic acids is 1. The van der Waals surface area contributed by atoms with E-state index in [1.807, 2.05) is 46.0 Å². The van der Waals surface area contributed by atoms with Crippen LogP contribution in [0, 0.1) is 5.82 Å². The van der Waals surface area contributed by atoms with Gasteiger partial charge in [0, 0.05) is 26.3 Å². The summed E-state index contributed by atoms with van der Waals surface area (Å²) in [6.07, 6.45) is 10.1. The Morgan fingerprint density at radius 1 is 1.07 bits per heavy atom. The molecule has 2 aliphatic rings. The number of ether oxygens (including phenoxy) is 2. The second-order valence-electron chi connectivity index (χ2n) is 11.0. The second-order valence-corrected chi connectivity index (χ2v) is 11.0. The molecule has 0 N–H and O–H groups in total. The molecule has 0 unspecified atom stereocenters.